The van der Waals surface area contributed by atoms with Crippen molar-refractivity contribution in [1.82, 2.24) is 5.43 Å². The number of carbonyl (C=O) groups excluding carboxylic acids is 2. The number of carbonyl (C=O) groups is 2. The van der Waals surface area contributed by atoms with Gasteiger partial charge in [-0.1, -0.05) is 6.07 Å². The summed E-state index contributed by atoms with van der Waals surface area (Å²) in [5.41, 5.74) is 4.35. The van der Waals surface area contributed by atoms with Crippen LogP contribution in [-0.4, -0.2) is 38.9 Å². The van der Waals surface area contributed by atoms with E-state index >= 15 is 0 Å². The van der Waals surface area contributed by atoms with Gasteiger partial charge in [0.05, 0.1) is 34.2 Å². The molecule has 0 atom stereocenters. The third-order valence-electron chi connectivity index (χ3n) is 3.97. The van der Waals surface area contributed by atoms with Crippen molar-refractivity contribution in [2.45, 2.75) is 19.8 Å². The van der Waals surface area contributed by atoms with Crippen LogP contribution in [0.3, 0.4) is 0 Å². The van der Waals surface area contributed by atoms with Crippen LogP contribution in [0.1, 0.15) is 18.9 Å². The van der Waals surface area contributed by atoms with E-state index in [0.717, 1.165) is 5.56 Å². The molecule has 8 heteroatoms. The first kappa shape index (κ1) is 21.7. The van der Waals surface area contributed by atoms with E-state index in [2.05, 4.69) is 15.8 Å². The summed E-state index contributed by atoms with van der Waals surface area (Å²) < 4.78 is 15.5. The predicted octanol–water partition coefficient (Wildman–Crippen LogP) is 2.78. The first-order chi connectivity index (χ1) is 13.9. The molecular weight excluding hydrogens is 374 g/mol. The van der Waals surface area contributed by atoms with Crippen LogP contribution in [-0.2, 0) is 16.0 Å². The third kappa shape index (κ3) is 6.84. The lowest BCUT2D eigenvalue weighted by Gasteiger charge is -2.09. The highest BCUT2D eigenvalue weighted by Crippen LogP contribution is 2.27. The first-order valence-electron chi connectivity index (χ1n) is 8.92. The number of ether oxygens (including phenoxy) is 3. The molecule has 0 saturated carbocycles. The fourth-order valence-electron chi connectivity index (χ4n) is 2.52. The molecule has 0 heterocycles. The number of hydrogen-bond acceptors (Lipinski definition) is 6. The van der Waals surface area contributed by atoms with Gasteiger partial charge in [0, 0.05) is 11.4 Å². The molecule has 2 amide bonds. The van der Waals surface area contributed by atoms with E-state index in [0.29, 0.717) is 28.6 Å². The van der Waals surface area contributed by atoms with Crippen LogP contribution < -0.4 is 25.0 Å². The highest BCUT2D eigenvalue weighted by atomic mass is 16.5. The van der Waals surface area contributed by atoms with Crippen molar-refractivity contribution in [2.75, 3.05) is 26.6 Å². The molecule has 2 rings (SSSR count). The summed E-state index contributed by atoms with van der Waals surface area (Å²) in [6, 6.07) is 12.2. The number of anilines is 1. The minimum atomic E-state index is -0.299. The third-order valence-corrected chi connectivity index (χ3v) is 3.97. The minimum Gasteiger partial charge on any atom is -0.497 e. The minimum absolute atomic E-state index is 0.0582. The maximum Gasteiger partial charge on any atom is 0.244 e. The molecule has 0 unspecified atom stereocenters. The normalized spacial score (nSPS) is 10.8. The van der Waals surface area contributed by atoms with E-state index in [1.54, 1.807) is 63.6 Å². The lowest BCUT2D eigenvalue weighted by Crippen LogP contribution is -2.22. The van der Waals surface area contributed by atoms with Gasteiger partial charge in [-0.25, -0.2) is 5.43 Å². The Balaban J connectivity index is 1.84. The fraction of sp³-hybridized carbons (Fsp3) is 0.286. The molecule has 0 spiro atoms. The largest absolute Gasteiger partial charge is 0.497 e. The second-order valence-electron chi connectivity index (χ2n) is 6.20. The van der Waals surface area contributed by atoms with Crippen molar-refractivity contribution in [3.63, 3.8) is 0 Å². The van der Waals surface area contributed by atoms with Crippen LogP contribution >= 0.6 is 0 Å². The molecule has 0 saturated heterocycles. The Morgan fingerprint density at radius 2 is 1.59 bits per heavy atom. The lowest BCUT2D eigenvalue weighted by molar-refractivity contribution is -0.120. The van der Waals surface area contributed by atoms with Crippen LogP contribution in [0.15, 0.2) is 47.6 Å². The molecule has 29 heavy (non-hydrogen) atoms. The Kier molecular flexibility index (Phi) is 8.02. The zero-order chi connectivity index (χ0) is 21.2. The van der Waals surface area contributed by atoms with Crippen molar-refractivity contribution in [2.24, 2.45) is 5.10 Å². The zero-order valence-corrected chi connectivity index (χ0v) is 16.9. The molecule has 0 aliphatic rings. The van der Waals surface area contributed by atoms with Gasteiger partial charge in [-0.3, -0.25) is 9.59 Å². The van der Waals surface area contributed by atoms with Gasteiger partial charge in [0.1, 0.15) is 5.75 Å². The van der Waals surface area contributed by atoms with E-state index in [1.807, 2.05) is 0 Å². The van der Waals surface area contributed by atoms with Crippen molar-refractivity contribution in [1.29, 1.82) is 0 Å². The van der Waals surface area contributed by atoms with Crippen LogP contribution in [0.2, 0.25) is 0 Å². The molecule has 0 aromatic heterocycles. The van der Waals surface area contributed by atoms with E-state index < -0.39 is 0 Å². The maximum absolute atomic E-state index is 12.1. The molecule has 0 radical (unpaired) electrons. The van der Waals surface area contributed by atoms with Gasteiger partial charge in [-0.15, -0.1) is 0 Å². The van der Waals surface area contributed by atoms with Crippen LogP contribution in [0.4, 0.5) is 5.69 Å². The highest BCUT2D eigenvalue weighted by molar-refractivity contribution is 6.05. The molecule has 0 bridgehead atoms. The Morgan fingerprint density at radius 1 is 0.897 bits per heavy atom. The van der Waals surface area contributed by atoms with Gasteiger partial charge in [0.25, 0.3) is 0 Å². The zero-order valence-electron chi connectivity index (χ0n) is 16.9. The van der Waals surface area contributed by atoms with Gasteiger partial charge in [-0.2, -0.15) is 5.10 Å². The summed E-state index contributed by atoms with van der Waals surface area (Å²) in [7, 11) is 4.66. The van der Waals surface area contributed by atoms with E-state index in [-0.39, 0.29) is 24.7 Å². The smallest absolute Gasteiger partial charge is 0.244 e. The highest BCUT2D eigenvalue weighted by Gasteiger charge is 2.09. The lowest BCUT2D eigenvalue weighted by atomic mass is 10.1. The average Bonchev–Trinajstić information content (AvgIpc) is 2.72. The van der Waals surface area contributed by atoms with Crippen molar-refractivity contribution < 1.29 is 23.8 Å². The number of nitrogens with zero attached hydrogens (tertiary/aromatic N) is 1. The predicted molar refractivity (Wildman–Crippen MR) is 111 cm³/mol. The SMILES string of the molecule is COc1ccc(NC(=O)C/C(C)=N/NC(=O)Cc2ccc(OC)c(OC)c2)cc1. The Bertz CT molecular complexity index is 878. The first-order valence-corrected chi connectivity index (χ1v) is 8.92. The van der Waals surface area contributed by atoms with Crippen molar-refractivity contribution in [3.05, 3.63) is 48.0 Å². The van der Waals surface area contributed by atoms with Gasteiger partial charge in [-0.05, 0) is 48.9 Å². The maximum atomic E-state index is 12.1. The standard InChI is InChI=1S/C21H25N3O5/c1-14(11-20(25)22-16-6-8-17(27-2)9-7-16)23-24-21(26)13-15-5-10-18(28-3)19(12-15)29-4/h5-10,12H,11,13H2,1-4H3,(H,22,25)(H,24,26)/b23-14+. The monoisotopic (exact) mass is 399 g/mol. The number of rotatable bonds is 9. The Labute approximate surface area is 169 Å². The second kappa shape index (κ2) is 10.7. The van der Waals surface area contributed by atoms with Crippen molar-refractivity contribution >= 4 is 23.2 Å². The average molecular weight is 399 g/mol. The summed E-state index contributed by atoms with van der Waals surface area (Å²) in [4.78, 5) is 24.2. The number of nitrogens with one attached hydrogen (secondary N) is 2. The van der Waals surface area contributed by atoms with Gasteiger partial charge in [0.2, 0.25) is 11.8 Å². The van der Waals surface area contributed by atoms with Crippen LogP contribution in [0.5, 0.6) is 17.2 Å². The molecule has 0 aliphatic heterocycles. The van der Waals surface area contributed by atoms with E-state index in [9.17, 15) is 9.59 Å². The number of benzene rings is 2. The van der Waals surface area contributed by atoms with Gasteiger partial charge >= 0.3 is 0 Å². The summed E-state index contributed by atoms with van der Waals surface area (Å²) in [6.07, 6.45) is 0.178. The molecular formula is C21H25N3O5. The number of amides is 2. The molecule has 2 N–H and O–H groups in total. The molecule has 2 aromatic rings. The van der Waals surface area contributed by atoms with E-state index in [1.165, 1.54) is 7.11 Å². The van der Waals surface area contributed by atoms with Crippen LogP contribution in [0.25, 0.3) is 0 Å². The molecule has 0 fully saturated rings. The summed E-state index contributed by atoms with van der Waals surface area (Å²) >= 11 is 0. The quantitative estimate of drug-likeness (QED) is 0.499. The summed E-state index contributed by atoms with van der Waals surface area (Å²) in [6.45, 7) is 1.67. The van der Waals surface area contributed by atoms with Crippen molar-refractivity contribution in [3.8, 4) is 17.2 Å². The molecule has 8 nitrogen and oxygen atoms in total. The molecule has 2 aromatic carbocycles. The van der Waals surface area contributed by atoms with Crippen LogP contribution in [0, 0.1) is 0 Å². The molecule has 0 aliphatic carbocycles. The summed E-state index contributed by atoms with van der Waals surface area (Å²) in [5, 5.41) is 6.75. The molecule has 154 valence electrons. The number of methoxy groups -OCH3 is 3. The Morgan fingerprint density at radius 3 is 2.21 bits per heavy atom. The van der Waals surface area contributed by atoms with E-state index in [4.69, 9.17) is 14.2 Å². The fourth-order valence-corrected chi connectivity index (χ4v) is 2.52. The summed E-state index contributed by atoms with van der Waals surface area (Å²) in [5.74, 6) is 1.32. The van der Waals surface area contributed by atoms with Gasteiger partial charge < -0.3 is 19.5 Å². The topological polar surface area (TPSA) is 98.2 Å². The number of hydrazone groups is 1. The second-order valence-corrected chi connectivity index (χ2v) is 6.20. The van der Waals surface area contributed by atoms with Gasteiger partial charge in [0.15, 0.2) is 11.5 Å². The number of hydrogen-bond donors (Lipinski definition) is 2. The Hall–Kier alpha value is -3.55.